The normalized spacial score (nSPS) is 11.7. The summed E-state index contributed by atoms with van der Waals surface area (Å²) in [5, 5.41) is 2.98. The molecule has 5 nitrogen and oxygen atoms in total. The SMILES string of the molecule is CC(NC(=O)c1ccccc1N(C)C(=O)c1ccc(Br)o1)c1ccccc1. The fraction of sp³-hybridized carbons (Fsp3) is 0.143. The van der Waals surface area contributed by atoms with Crippen molar-refractivity contribution in [2.75, 3.05) is 11.9 Å². The van der Waals surface area contributed by atoms with Gasteiger partial charge in [-0.3, -0.25) is 9.59 Å². The van der Waals surface area contributed by atoms with Crippen molar-refractivity contribution in [3.63, 3.8) is 0 Å². The van der Waals surface area contributed by atoms with Gasteiger partial charge in [-0.25, -0.2) is 0 Å². The number of para-hydroxylation sites is 1. The van der Waals surface area contributed by atoms with Gasteiger partial charge in [0.2, 0.25) is 0 Å². The number of nitrogens with zero attached hydrogens (tertiary/aromatic N) is 1. The van der Waals surface area contributed by atoms with Crippen LogP contribution >= 0.6 is 15.9 Å². The van der Waals surface area contributed by atoms with E-state index >= 15 is 0 Å². The van der Waals surface area contributed by atoms with Crippen molar-refractivity contribution in [3.05, 3.63) is 88.3 Å². The zero-order chi connectivity index (χ0) is 19.4. The van der Waals surface area contributed by atoms with Crippen molar-refractivity contribution in [3.8, 4) is 0 Å². The first-order valence-corrected chi connectivity index (χ1v) is 9.25. The molecular formula is C21H19BrN2O3. The number of anilines is 1. The predicted molar refractivity (Wildman–Crippen MR) is 108 cm³/mol. The smallest absolute Gasteiger partial charge is 0.293 e. The maximum atomic E-state index is 12.8. The van der Waals surface area contributed by atoms with Crippen molar-refractivity contribution in [1.82, 2.24) is 5.32 Å². The van der Waals surface area contributed by atoms with Crippen LogP contribution in [0.3, 0.4) is 0 Å². The van der Waals surface area contributed by atoms with Crippen LogP contribution in [0.4, 0.5) is 5.69 Å². The van der Waals surface area contributed by atoms with Crippen molar-refractivity contribution >= 4 is 33.4 Å². The van der Waals surface area contributed by atoms with E-state index in [1.54, 1.807) is 43.4 Å². The summed E-state index contributed by atoms with van der Waals surface area (Å²) in [5.74, 6) is -0.392. The van der Waals surface area contributed by atoms with Gasteiger partial charge in [-0.1, -0.05) is 42.5 Å². The van der Waals surface area contributed by atoms with Crippen LogP contribution in [-0.4, -0.2) is 18.9 Å². The first-order chi connectivity index (χ1) is 13.0. The molecule has 27 heavy (non-hydrogen) atoms. The highest BCUT2D eigenvalue weighted by molar-refractivity contribution is 9.10. The van der Waals surface area contributed by atoms with E-state index in [-0.39, 0.29) is 23.6 Å². The minimum absolute atomic E-state index is 0.159. The fourth-order valence-corrected chi connectivity index (χ4v) is 3.07. The summed E-state index contributed by atoms with van der Waals surface area (Å²) in [7, 11) is 1.62. The first-order valence-electron chi connectivity index (χ1n) is 8.45. The number of carbonyl (C=O) groups is 2. The van der Waals surface area contributed by atoms with Crippen molar-refractivity contribution < 1.29 is 14.0 Å². The molecule has 0 fully saturated rings. The van der Waals surface area contributed by atoms with Crippen LogP contribution in [0, 0.1) is 0 Å². The van der Waals surface area contributed by atoms with Gasteiger partial charge in [0.05, 0.1) is 17.3 Å². The molecule has 1 N–H and O–H groups in total. The van der Waals surface area contributed by atoms with Gasteiger partial charge < -0.3 is 14.6 Å². The summed E-state index contributed by atoms with van der Waals surface area (Å²) < 4.78 is 5.81. The van der Waals surface area contributed by atoms with E-state index in [0.29, 0.717) is 15.9 Å². The summed E-state index contributed by atoms with van der Waals surface area (Å²) in [6.07, 6.45) is 0. The Hall–Kier alpha value is -2.86. The van der Waals surface area contributed by atoms with E-state index < -0.39 is 0 Å². The summed E-state index contributed by atoms with van der Waals surface area (Å²) in [6.45, 7) is 1.92. The Morgan fingerprint density at radius 1 is 1.00 bits per heavy atom. The van der Waals surface area contributed by atoms with Crippen molar-refractivity contribution in [1.29, 1.82) is 0 Å². The minimum atomic E-state index is -0.336. The van der Waals surface area contributed by atoms with E-state index in [1.165, 1.54) is 4.90 Å². The topological polar surface area (TPSA) is 62.6 Å². The van der Waals surface area contributed by atoms with Gasteiger partial charge in [-0.15, -0.1) is 0 Å². The highest BCUT2D eigenvalue weighted by Gasteiger charge is 2.22. The average Bonchev–Trinajstić information content (AvgIpc) is 3.13. The molecule has 1 heterocycles. The van der Waals surface area contributed by atoms with E-state index in [0.717, 1.165) is 5.56 Å². The summed E-state index contributed by atoms with van der Waals surface area (Å²) in [6, 6.07) is 19.8. The van der Waals surface area contributed by atoms with Crippen LogP contribution in [0.15, 0.2) is 75.8 Å². The zero-order valence-corrected chi connectivity index (χ0v) is 16.6. The minimum Gasteiger partial charge on any atom is -0.444 e. The van der Waals surface area contributed by atoms with Gasteiger partial charge in [0, 0.05) is 7.05 Å². The molecular weight excluding hydrogens is 408 g/mol. The molecule has 0 bridgehead atoms. The third-order valence-corrected chi connectivity index (χ3v) is 4.67. The van der Waals surface area contributed by atoms with Crippen LogP contribution in [0.25, 0.3) is 0 Å². The third-order valence-electron chi connectivity index (χ3n) is 4.25. The maximum Gasteiger partial charge on any atom is 0.293 e. The molecule has 3 aromatic rings. The number of benzene rings is 2. The number of furan rings is 1. The molecule has 0 saturated heterocycles. The van der Waals surface area contributed by atoms with Crippen LogP contribution in [0.5, 0.6) is 0 Å². The van der Waals surface area contributed by atoms with Gasteiger partial charge in [0.1, 0.15) is 0 Å². The number of nitrogens with one attached hydrogen (secondary N) is 1. The molecule has 0 saturated carbocycles. The van der Waals surface area contributed by atoms with Gasteiger partial charge >= 0.3 is 0 Å². The van der Waals surface area contributed by atoms with E-state index in [2.05, 4.69) is 21.2 Å². The zero-order valence-electron chi connectivity index (χ0n) is 15.0. The fourth-order valence-electron chi connectivity index (χ4n) is 2.76. The van der Waals surface area contributed by atoms with Crippen LogP contribution in [0.2, 0.25) is 0 Å². The number of amides is 2. The monoisotopic (exact) mass is 426 g/mol. The molecule has 3 rings (SSSR count). The second-order valence-electron chi connectivity index (χ2n) is 6.09. The molecule has 0 aliphatic carbocycles. The van der Waals surface area contributed by atoms with Crippen molar-refractivity contribution in [2.24, 2.45) is 0 Å². The standard InChI is InChI=1S/C21H19BrN2O3/c1-14(15-8-4-3-5-9-15)23-20(25)16-10-6-7-11-17(16)24(2)21(26)18-12-13-19(22)27-18/h3-14H,1-2H3,(H,23,25). The lowest BCUT2D eigenvalue weighted by atomic mass is 10.1. The molecule has 0 aliphatic heterocycles. The molecule has 0 radical (unpaired) electrons. The van der Waals surface area contributed by atoms with Crippen LogP contribution in [0.1, 0.15) is 39.4 Å². The number of halogens is 1. The Labute approximate surface area is 166 Å². The number of rotatable bonds is 5. The number of carbonyl (C=O) groups excluding carboxylic acids is 2. The Balaban J connectivity index is 1.82. The molecule has 0 spiro atoms. The first kappa shape index (κ1) is 18.9. The van der Waals surface area contributed by atoms with Crippen LogP contribution < -0.4 is 10.2 Å². The summed E-state index contributed by atoms with van der Waals surface area (Å²) in [5.41, 5.74) is 1.93. The Bertz CT molecular complexity index is 953. The lowest BCUT2D eigenvalue weighted by molar-refractivity contribution is 0.0940. The third kappa shape index (κ3) is 4.28. The quantitative estimate of drug-likeness (QED) is 0.636. The molecule has 2 aromatic carbocycles. The predicted octanol–water partition coefficient (Wildman–Crippen LogP) is 4.81. The second kappa shape index (κ2) is 8.22. The Morgan fingerprint density at radius 2 is 1.67 bits per heavy atom. The molecule has 138 valence electrons. The summed E-state index contributed by atoms with van der Waals surface area (Å²) in [4.78, 5) is 26.9. The highest BCUT2D eigenvalue weighted by Crippen LogP contribution is 2.24. The largest absolute Gasteiger partial charge is 0.444 e. The van der Waals surface area contributed by atoms with E-state index in [4.69, 9.17) is 4.42 Å². The Kier molecular flexibility index (Phi) is 5.76. The van der Waals surface area contributed by atoms with Gasteiger partial charge in [-0.05, 0) is 52.7 Å². The number of hydrogen-bond donors (Lipinski definition) is 1. The lowest BCUT2D eigenvalue weighted by Crippen LogP contribution is -2.31. The molecule has 6 heteroatoms. The highest BCUT2D eigenvalue weighted by atomic mass is 79.9. The van der Waals surface area contributed by atoms with E-state index in [1.807, 2.05) is 37.3 Å². The lowest BCUT2D eigenvalue weighted by Gasteiger charge is -2.21. The second-order valence-corrected chi connectivity index (χ2v) is 6.87. The molecule has 1 atom stereocenters. The average molecular weight is 427 g/mol. The Morgan fingerprint density at radius 3 is 2.33 bits per heavy atom. The molecule has 1 aromatic heterocycles. The van der Waals surface area contributed by atoms with Gasteiger partial charge in [-0.2, -0.15) is 0 Å². The molecule has 2 amide bonds. The van der Waals surface area contributed by atoms with Crippen LogP contribution in [-0.2, 0) is 0 Å². The van der Waals surface area contributed by atoms with E-state index in [9.17, 15) is 9.59 Å². The summed E-state index contributed by atoms with van der Waals surface area (Å²) >= 11 is 3.19. The van der Waals surface area contributed by atoms with Gasteiger partial charge in [0.15, 0.2) is 10.4 Å². The van der Waals surface area contributed by atoms with Crippen molar-refractivity contribution in [2.45, 2.75) is 13.0 Å². The maximum absolute atomic E-state index is 12.8. The van der Waals surface area contributed by atoms with Gasteiger partial charge in [0.25, 0.3) is 11.8 Å². The molecule has 1 unspecified atom stereocenters. The molecule has 0 aliphatic rings. The number of hydrogen-bond acceptors (Lipinski definition) is 3.